The van der Waals surface area contributed by atoms with Crippen LogP contribution < -0.4 is 5.32 Å². The quantitative estimate of drug-likeness (QED) is 0.878. The highest BCUT2D eigenvalue weighted by Gasteiger charge is 2.14. The third kappa shape index (κ3) is 4.76. The number of carbonyl (C=O) groups excluding carboxylic acids is 1. The zero-order chi connectivity index (χ0) is 15.3. The highest BCUT2D eigenvalue weighted by molar-refractivity contribution is 6.33. The van der Waals surface area contributed by atoms with E-state index in [1.807, 2.05) is 6.92 Å². The van der Waals surface area contributed by atoms with Crippen molar-refractivity contribution in [2.75, 3.05) is 13.1 Å². The molecule has 0 radical (unpaired) electrons. The van der Waals surface area contributed by atoms with E-state index in [0.29, 0.717) is 29.2 Å². The highest BCUT2D eigenvalue weighted by Crippen LogP contribution is 2.15. The van der Waals surface area contributed by atoms with E-state index in [9.17, 15) is 4.79 Å². The van der Waals surface area contributed by atoms with Crippen LogP contribution in [0.25, 0.3) is 0 Å². The van der Waals surface area contributed by atoms with Gasteiger partial charge in [0.05, 0.1) is 10.6 Å². The lowest BCUT2D eigenvalue weighted by atomic mass is 10.2. The molecule has 0 saturated carbocycles. The van der Waals surface area contributed by atoms with Gasteiger partial charge in [-0.3, -0.25) is 14.7 Å². The van der Waals surface area contributed by atoms with Crippen molar-refractivity contribution in [1.29, 1.82) is 0 Å². The summed E-state index contributed by atoms with van der Waals surface area (Å²) in [7, 11) is 0. The molecule has 0 spiro atoms. The van der Waals surface area contributed by atoms with Gasteiger partial charge < -0.3 is 5.32 Å². The molecule has 0 aliphatic heterocycles. The molecule has 0 aliphatic carbocycles. The predicted molar refractivity (Wildman–Crippen MR) is 83.3 cm³/mol. The van der Waals surface area contributed by atoms with Crippen LogP contribution in [-0.2, 0) is 0 Å². The maximum atomic E-state index is 12.0. The molecule has 1 rings (SSSR count). The van der Waals surface area contributed by atoms with Gasteiger partial charge in [0.25, 0.3) is 5.91 Å². The summed E-state index contributed by atoms with van der Waals surface area (Å²) in [5.74, 6) is -0.171. The number of aryl methyl sites for hydroxylation is 1. The average Bonchev–Trinajstić information content (AvgIpc) is 2.33. The minimum atomic E-state index is -0.171. The summed E-state index contributed by atoms with van der Waals surface area (Å²) in [6, 6.07) is 2.61. The number of nitrogens with one attached hydrogen (secondary N) is 1. The highest BCUT2D eigenvalue weighted by atomic mass is 35.5. The van der Waals surface area contributed by atoms with Crippen LogP contribution in [0, 0.1) is 6.92 Å². The molecule has 1 aromatic rings. The fraction of sp³-hybridized carbons (Fsp3) is 0.600. The van der Waals surface area contributed by atoms with E-state index in [0.717, 1.165) is 12.2 Å². The summed E-state index contributed by atoms with van der Waals surface area (Å²) in [6.07, 6.45) is 1.52. The van der Waals surface area contributed by atoms with E-state index >= 15 is 0 Å². The Hall–Kier alpha value is -1.13. The molecular formula is C15H24ClN3O. The predicted octanol–water partition coefficient (Wildman–Crippen LogP) is 2.89. The van der Waals surface area contributed by atoms with Gasteiger partial charge >= 0.3 is 0 Å². The third-order valence-electron chi connectivity index (χ3n) is 3.22. The normalized spacial score (nSPS) is 11.4. The molecule has 0 bridgehead atoms. The first-order valence-corrected chi connectivity index (χ1v) is 7.36. The summed E-state index contributed by atoms with van der Waals surface area (Å²) in [6.45, 7) is 11.9. The molecule has 0 saturated heterocycles. The van der Waals surface area contributed by atoms with Gasteiger partial charge in [0.15, 0.2) is 0 Å². The summed E-state index contributed by atoms with van der Waals surface area (Å²) >= 11 is 6.06. The van der Waals surface area contributed by atoms with Crippen molar-refractivity contribution in [3.63, 3.8) is 0 Å². The minimum Gasteiger partial charge on any atom is -0.351 e. The van der Waals surface area contributed by atoms with Crippen LogP contribution in [0.4, 0.5) is 0 Å². The average molecular weight is 298 g/mol. The van der Waals surface area contributed by atoms with Crippen LogP contribution >= 0.6 is 11.6 Å². The number of pyridine rings is 1. The number of hydrogen-bond donors (Lipinski definition) is 1. The van der Waals surface area contributed by atoms with Crippen LogP contribution in [0.1, 0.15) is 43.7 Å². The first kappa shape index (κ1) is 16.9. The molecule has 1 heterocycles. The van der Waals surface area contributed by atoms with Gasteiger partial charge in [0.1, 0.15) is 0 Å². The van der Waals surface area contributed by atoms with Gasteiger partial charge in [-0.2, -0.15) is 0 Å². The molecular weight excluding hydrogens is 274 g/mol. The molecule has 0 aromatic carbocycles. The SMILES string of the molecule is Cc1cc(Cl)c(C(=O)NCCN(C(C)C)C(C)C)cn1. The Morgan fingerprint density at radius 1 is 1.35 bits per heavy atom. The fourth-order valence-electron chi connectivity index (χ4n) is 2.20. The van der Waals surface area contributed by atoms with E-state index in [1.54, 1.807) is 6.07 Å². The Balaban J connectivity index is 2.55. The van der Waals surface area contributed by atoms with E-state index in [1.165, 1.54) is 6.20 Å². The Morgan fingerprint density at radius 3 is 2.45 bits per heavy atom. The molecule has 1 amide bonds. The largest absolute Gasteiger partial charge is 0.351 e. The van der Waals surface area contributed by atoms with Gasteiger partial charge in [-0.25, -0.2) is 0 Å². The standard InChI is InChI=1S/C15H24ClN3O/c1-10(2)19(11(3)4)7-6-17-15(20)13-9-18-12(5)8-14(13)16/h8-11H,6-7H2,1-5H3,(H,17,20). The molecule has 0 atom stereocenters. The van der Waals surface area contributed by atoms with E-state index in [4.69, 9.17) is 11.6 Å². The third-order valence-corrected chi connectivity index (χ3v) is 3.53. The molecule has 0 fully saturated rings. The number of aromatic nitrogens is 1. The van der Waals surface area contributed by atoms with Crippen molar-refractivity contribution in [3.05, 3.63) is 28.5 Å². The molecule has 4 nitrogen and oxygen atoms in total. The Labute approximate surface area is 126 Å². The smallest absolute Gasteiger partial charge is 0.254 e. The van der Waals surface area contributed by atoms with Gasteiger partial charge in [0, 0.05) is 37.1 Å². The van der Waals surface area contributed by atoms with Gasteiger partial charge in [-0.1, -0.05) is 11.6 Å². The molecule has 20 heavy (non-hydrogen) atoms. The van der Waals surface area contributed by atoms with Gasteiger partial charge in [-0.05, 0) is 40.7 Å². The number of carbonyl (C=O) groups is 1. The minimum absolute atomic E-state index is 0.171. The molecule has 112 valence electrons. The van der Waals surface area contributed by atoms with E-state index < -0.39 is 0 Å². The van der Waals surface area contributed by atoms with Crippen molar-refractivity contribution in [2.24, 2.45) is 0 Å². The maximum Gasteiger partial charge on any atom is 0.254 e. The lowest BCUT2D eigenvalue weighted by Gasteiger charge is -2.30. The van der Waals surface area contributed by atoms with E-state index in [-0.39, 0.29) is 5.91 Å². The fourth-order valence-corrected chi connectivity index (χ4v) is 2.49. The molecule has 0 unspecified atom stereocenters. The Kier molecular flexibility index (Phi) is 6.43. The number of halogens is 1. The lowest BCUT2D eigenvalue weighted by Crippen LogP contribution is -2.42. The Morgan fingerprint density at radius 2 is 1.95 bits per heavy atom. The van der Waals surface area contributed by atoms with Crippen molar-refractivity contribution in [3.8, 4) is 0 Å². The summed E-state index contributed by atoms with van der Waals surface area (Å²) < 4.78 is 0. The topological polar surface area (TPSA) is 45.2 Å². The van der Waals surface area contributed by atoms with Crippen LogP contribution in [0.15, 0.2) is 12.3 Å². The first-order chi connectivity index (χ1) is 9.32. The number of nitrogens with zero attached hydrogens (tertiary/aromatic N) is 2. The summed E-state index contributed by atoms with van der Waals surface area (Å²) in [5, 5.41) is 3.34. The Bertz CT molecular complexity index is 452. The first-order valence-electron chi connectivity index (χ1n) is 6.99. The van der Waals surface area contributed by atoms with Crippen LogP contribution in [0.2, 0.25) is 5.02 Å². The summed E-state index contributed by atoms with van der Waals surface area (Å²) in [5.41, 5.74) is 1.23. The monoisotopic (exact) mass is 297 g/mol. The van der Waals surface area contributed by atoms with Crippen molar-refractivity contribution >= 4 is 17.5 Å². The van der Waals surface area contributed by atoms with Crippen LogP contribution in [0.3, 0.4) is 0 Å². The van der Waals surface area contributed by atoms with Crippen molar-refractivity contribution in [1.82, 2.24) is 15.2 Å². The number of rotatable bonds is 6. The van der Waals surface area contributed by atoms with Crippen LogP contribution in [-0.4, -0.2) is 41.0 Å². The second-order valence-electron chi connectivity index (χ2n) is 5.49. The molecule has 1 N–H and O–H groups in total. The summed E-state index contributed by atoms with van der Waals surface area (Å²) in [4.78, 5) is 18.5. The van der Waals surface area contributed by atoms with Crippen LogP contribution in [0.5, 0.6) is 0 Å². The second-order valence-corrected chi connectivity index (χ2v) is 5.89. The number of hydrogen-bond acceptors (Lipinski definition) is 3. The second kappa shape index (κ2) is 7.60. The van der Waals surface area contributed by atoms with Crippen molar-refractivity contribution < 1.29 is 4.79 Å². The van der Waals surface area contributed by atoms with Gasteiger partial charge in [-0.15, -0.1) is 0 Å². The number of amides is 1. The molecule has 1 aromatic heterocycles. The lowest BCUT2D eigenvalue weighted by molar-refractivity contribution is 0.0939. The molecule has 0 aliphatic rings. The molecule has 5 heteroatoms. The zero-order valence-electron chi connectivity index (χ0n) is 12.9. The maximum absolute atomic E-state index is 12.0. The van der Waals surface area contributed by atoms with E-state index in [2.05, 4.69) is 42.9 Å². The zero-order valence-corrected chi connectivity index (χ0v) is 13.7. The van der Waals surface area contributed by atoms with Crippen molar-refractivity contribution in [2.45, 2.75) is 46.7 Å². The van der Waals surface area contributed by atoms with Gasteiger partial charge in [0.2, 0.25) is 0 Å².